The number of halogens is 1. The Morgan fingerprint density at radius 1 is 1.20 bits per heavy atom. The smallest absolute Gasteiger partial charge is 0.344 e. The molecule has 1 fully saturated rings. The van der Waals surface area contributed by atoms with Crippen LogP contribution in [-0.2, 0) is 6.54 Å². The Morgan fingerprint density at radius 2 is 2.03 bits per heavy atom. The van der Waals surface area contributed by atoms with Crippen LogP contribution in [0.15, 0.2) is 45.8 Å². The van der Waals surface area contributed by atoms with Gasteiger partial charge >= 0.3 is 5.76 Å². The van der Waals surface area contributed by atoms with E-state index in [9.17, 15) is 4.79 Å². The van der Waals surface area contributed by atoms with Crippen LogP contribution in [0.4, 0.5) is 0 Å². The van der Waals surface area contributed by atoms with Crippen LogP contribution < -0.4 is 5.76 Å². The molecule has 8 heteroatoms. The largest absolute Gasteiger partial charge is 0.439 e. The van der Waals surface area contributed by atoms with Gasteiger partial charge in [-0.2, -0.15) is 0 Å². The third-order valence-corrected chi connectivity index (χ3v) is 6.19. The first-order chi connectivity index (χ1) is 14.6. The molecule has 1 N–H and O–H groups in total. The second-order valence-electron chi connectivity index (χ2n) is 8.18. The van der Waals surface area contributed by atoms with Crippen molar-refractivity contribution in [1.82, 2.24) is 24.7 Å². The first-order valence-electron chi connectivity index (χ1n) is 10.3. The molecule has 0 radical (unpaired) electrons. The van der Waals surface area contributed by atoms with E-state index in [1.54, 1.807) is 0 Å². The highest BCUT2D eigenvalue weighted by molar-refractivity contribution is 6.30. The van der Waals surface area contributed by atoms with E-state index < -0.39 is 5.76 Å². The van der Waals surface area contributed by atoms with Crippen LogP contribution in [0, 0.1) is 11.8 Å². The van der Waals surface area contributed by atoms with Crippen molar-refractivity contribution >= 4 is 22.6 Å². The molecule has 3 heterocycles. The Hall–Kier alpha value is -2.93. The summed E-state index contributed by atoms with van der Waals surface area (Å²) in [6, 6.07) is 9.58. The molecule has 0 aliphatic heterocycles. The SMILES string of the molecule is CC1CCC(Cn2ccc3nc(-c4noc(=O)[nH]4)nc(-c4cccc(Cl)c4)c32)CC1. The van der Waals surface area contributed by atoms with Crippen LogP contribution in [0.3, 0.4) is 0 Å². The zero-order chi connectivity index (χ0) is 20.7. The maximum Gasteiger partial charge on any atom is 0.439 e. The van der Waals surface area contributed by atoms with Gasteiger partial charge in [-0.15, -0.1) is 0 Å². The number of aromatic amines is 1. The predicted octanol–water partition coefficient (Wildman–Crippen LogP) is 4.92. The van der Waals surface area contributed by atoms with Crippen LogP contribution >= 0.6 is 11.6 Å². The highest BCUT2D eigenvalue weighted by Crippen LogP contribution is 2.33. The van der Waals surface area contributed by atoms with Gasteiger partial charge in [0.15, 0.2) is 0 Å². The zero-order valence-corrected chi connectivity index (χ0v) is 17.4. The molecular weight excluding hydrogens is 402 g/mol. The number of H-pyrrole nitrogens is 1. The highest BCUT2D eigenvalue weighted by atomic mass is 35.5. The van der Waals surface area contributed by atoms with Gasteiger partial charge in [0.2, 0.25) is 11.6 Å². The normalized spacial score (nSPS) is 19.4. The fourth-order valence-corrected chi connectivity index (χ4v) is 4.51. The Balaban J connectivity index is 1.64. The first kappa shape index (κ1) is 19.1. The number of aromatic nitrogens is 5. The van der Waals surface area contributed by atoms with Crippen molar-refractivity contribution in [3.8, 4) is 22.9 Å². The molecule has 0 unspecified atom stereocenters. The Bertz CT molecular complexity index is 1250. The topological polar surface area (TPSA) is 89.6 Å². The van der Waals surface area contributed by atoms with Gasteiger partial charge < -0.3 is 4.57 Å². The van der Waals surface area contributed by atoms with Crippen molar-refractivity contribution in [3.63, 3.8) is 0 Å². The summed E-state index contributed by atoms with van der Waals surface area (Å²) in [5, 5.41) is 4.39. The minimum Gasteiger partial charge on any atom is -0.344 e. The van der Waals surface area contributed by atoms with Gasteiger partial charge in [-0.25, -0.2) is 14.8 Å². The molecule has 0 bridgehead atoms. The molecule has 5 rings (SSSR count). The Labute approximate surface area is 178 Å². The second-order valence-corrected chi connectivity index (χ2v) is 8.61. The minimum atomic E-state index is -0.637. The van der Waals surface area contributed by atoms with Crippen LogP contribution in [0.25, 0.3) is 33.9 Å². The van der Waals surface area contributed by atoms with Gasteiger partial charge in [0, 0.05) is 23.3 Å². The van der Waals surface area contributed by atoms with Crippen LogP contribution in [-0.4, -0.2) is 24.7 Å². The summed E-state index contributed by atoms with van der Waals surface area (Å²) in [6.45, 7) is 3.27. The summed E-state index contributed by atoms with van der Waals surface area (Å²) < 4.78 is 6.89. The molecule has 1 aliphatic carbocycles. The zero-order valence-electron chi connectivity index (χ0n) is 16.6. The molecule has 3 aromatic heterocycles. The molecule has 0 amide bonds. The lowest BCUT2D eigenvalue weighted by molar-refractivity contribution is 0.267. The predicted molar refractivity (Wildman–Crippen MR) is 115 cm³/mol. The van der Waals surface area contributed by atoms with Crippen molar-refractivity contribution in [2.75, 3.05) is 0 Å². The third kappa shape index (κ3) is 3.65. The lowest BCUT2D eigenvalue weighted by atomic mass is 9.83. The average molecular weight is 424 g/mol. The van der Waals surface area contributed by atoms with Crippen molar-refractivity contribution in [3.05, 3.63) is 52.1 Å². The van der Waals surface area contributed by atoms with E-state index in [0.717, 1.165) is 34.8 Å². The molecular formula is C22H22ClN5O2. The maximum atomic E-state index is 11.4. The van der Waals surface area contributed by atoms with E-state index >= 15 is 0 Å². The van der Waals surface area contributed by atoms with E-state index in [1.165, 1.54) is 25.7 Å². The molecule has 154 valence electrons. The Morgan fingerprint density at radius 3 is 2.77 bits per heavy atom. The summed E-state index contributed by atoms with van der Waals surface area (Å²) in [4.78, 5) is 23.3. The fourth-order valence-electron chi connectivity index (χ4n) is 4.32. The van der Waals surface area contributed by atoms with Gasteiger partial charge in [-0.3, -0.25) is 9.51 Å². The molecule has 0 saturated heterocycles. The molecule has 30 heavy (non-hydrogen) atoms. The molecule has 1 aromatic carbocycles. The number of nitrogens with one attached hydrogen (secondary N) is 1. The Kier molecular flexibility index (Phi) is 4.90. The number of fused-ring (bicyclic) bond motifs is 1. The molecule has 1 saturated carbocycles. The first-order valence-corrected chi connectivity index (χ1v) is 10.6. The van der Waals surface area contributed by atoms with E-state index in [2.05, 4.69) is 37.3 Å². The van der Waals surface area contributed by atoms with Crippen LogP contribution in [0.2, 0.25) is 5.02 Å². The molecule has 7 nitrogen and oxygen atoms in total. The maximum absolute atomic E-state index is 11.4. The summed E-state index contributed by atoms with van der Waals surface area (Å²) in [5.41, 5.74) is 3.41. The van der Waals surface area contributed by atoms with Crippen molar-refractivity contribution in [1.29, 1.82) is 0 Å². The van der Waals surface area contributed by atoms with E-state index in [0.29, 0.717) is 16.8 Å². The standard InChI is InChI=1S/C22H22ClN5O2/c1-13-5-7-14(8-6-13)12-28-10-9-17-19(28)18(15-3-2-4-16(23)11-15)25-20(24-17)21-26-22(29)30-27-21/h2-4,9-11,13-14H,5-8,12H2,1H3,(H,26,27,29). The highest BCUT2D eigenvalue weighted by Gasteiger charge is 2.22. The number of benzene rings is 1. The number of hydrogen-bond acceptors (Lipinski definition) is 5. The summed E-state index contributed by atoms with van der Waals surface area (Å²) in [6.07, 6.45) is 7.12. The quantitative estimate of drug-likeness (QED) is 0.503. The summed E-state index contributed by atoms with van der Waals surface area (Å²) in [5.74, 6) is 1.35. The van der Waals surface area contributed by atoms with Gasteiger partial charge in [-0.05, 0) is 42.9 Å². The van der Waals surface area contributed by atoms with E-state index in [-0.39, 0.29) is 5.82 Å². The lowest BCUT2D eigenvalue weighted by Gasteiger charge is -2.26. The van der Waals surface area contributed by atoms with Crippen molar-refractivity contribution in [2.45, 2.75) is 39.2 Å². The van der Waals surface area contributed by atoms with E-state index in [4.69, 9.17) is 16.6 Å². The van der Waals surface area contributed by atoms with Crippen LogP contribution in [0.5, 0.6) is 0 Å². The van der Waals surface area contributed by atoms with Crippen molar-refractivity contribution in [2.24, 2.45) is 11.8 Å². The molecule has 0 spiro atoms. The van der Waals surface area contributed by atoms with E-state index in [1.807, 2.05) is 30.3 Å². The van der Waals surface area contributed by atoms with Gasteiger partial charge in [0.05, 0.1) is 16.7 Å². The van der Waals surface area contributed by atoms with Crippen molar-refractivity contribution < 1.29 is 4.52 Å². The number of hydrogen-bond donors (Lipinski definition) is 1. The third-order valence-electron chi connectivity index (χ3n) is 5.95. The number of rotatable bonds is 4. The van der Waals surface area contributed by atoms with Crippen LogP contribution in [0.1, 0.15) is 32.6 Å². The fraction of sp³-hybridized carbons (Fsp3) is 0.364. The minimum absolute atomic E-state index is 0.208. The summed E-state index contributed by atoms with van der Waals surface area (Å²) >= 11 is 6.26. The van der Waals surface area contributed by atoms with Gasteiger partial charge in [0.1, 0.15) is 0 Å². The molecule has 1 aliphatic rings. The average Bonchev–Trinajstić information content (AvgIpc) is 3.35. The lowest BCUT2D eigenvalue weighted by Crippen LogP contribution is -2.17. The molecule has 0 atom stereocenters. The summed E-state index contributed by atoms with van der Waals surface area (Å²) in [7, 11) is 0. The van der Waals surface area contributed by atoms with Gasteiger partial charge in [-0.1, -0.05) is 48.7 Å². The second kappa shape index (κ2) is 7.72. The van der Waals surface area contributed by atoms with Gasteiger partial charge in [0.25, 0.3) is 0 Å². The monoisotopic (exact) mass is 423 g/mol. The number of nitrogens with zero attached hydrogens (tertiary/aromatic N) is 4. The molecule has 4 aromatic rings.